The highest BCUT2D eigenvalue weighted by atomic mass is 19.1. The molecular weight excluding hydrogens is 234 g/mol. The fraction of sp³-hybridized carbons (Fsp3) is 0.357. The number of benzene rings is 1. The van der Waals surface area contributed by atoms with Gasteiger partial charge in [-0.05, 0) is 25.0 Å². The molecule has 4 heteroatoms. The molecular formula is C14H16F2N2. The maximum Gasteiger partial charge on any atom is 0.131 e. The minimum atomic E-state index is -0.554. The quantitative estimate of drug-likeness (QED) is 0.813. The Kier molecular flexibility index (Phi) is 3.75. The van der Waals surface area contributed by atoms with Crippen molar-refractivity contribution in [1.82, 2.24) is 9.78 Å². The van der Waals surface area contributed by atoms with E-state index in [2.05, 4.69) is 5.10 Å². The lowest BCUT2D eigenvalue weighted by Gasteiger charge is -2.07. The summed E-state index contributed by atoms with van der Waals surface area (Å²) in [5, 5.41) is 4.41. The minimum Gasteiger partial charge on any atom is -0.265 e. The molecule has 0 radical (unpaired) electrons. The summed E-state index contributed by atoms with van der Waals surface area (Å²) in [5.74, 6) is -1.08. The highest BCUT2D eigenvalue weighted by molar-refractivity contribution is 5.20. The molecule has 0 aliphatic carbocycles. The van der Waals surface area contributed by atoms with Crippen LogP contribution >= 0.6 is 0 Å². The molecule has 1 heterocycles. The van der Waals surface area contributed by atoms with E-state index in [1.54, 1.807) is 4.68 Å². The van der Waals surface area contributed by atoms with Crippen molar-refractivity contribution in [3.8, 4) is 0 Å². The van der Waals surface area contributed by atoms with Crippen molar-refractivity contribution in [2.75, 3.05) is 0 Å². The van der Waals surface area contributed by atoms with Gasteiger partial charge in [0.15, 0.2) is 0 Å². The number of rotatable bonds is 4. The van der Waals surface area contributed by atoms with Crippen molar-refractivity contribution >= 4 is 0 Å². The summed E-state index contributed by atoms with van der Waals surface area (Å²) in [6.45, 7) is 4.41. The first-order valence-corrected chi connectivity index (χ1v) is 6.13. The molecule has 0 saturated heterocycles. The summed E-state index contributed by atoms with van der Waals surface area (Å²) < 4.78 is 28.2. The van der Waals surface area contributed by atoms with E-state index in [1.807, 2.05) is 19.9 Å². The zero-order valence-corrected chi connectivity index (χ0v) is 10.6. The number of aryl methyl sites for hydroxylation is 2. The molecule has 0 unspecified atom stereocenters. The highest BCUT2D eigenvalue weighted by Crippen LogP contribution is 2.14. The van der Waals surface area contributed by atoms with Gasteiger partial charge in [0.1, 0.15) is 11.6 Å². The molecule has 0 saturated carbocycles. The maximum absolute atomic E-state index is 13.6. The van der Waals surface area contributed by atoms with E-state index in [-0.39, 0.29) is 0 Å². The predicted molar refractivity (Wildman–Crippen MR) is 66.4 cm³/mol. The zero-order chi connectivity index (χ0) is 13.1. The zero-order valence-electron chi connectivity index (χ0n) is 10.6. The van der Waals surface area contributed by atoms with Gasteiger partial charge in [-0.25, -0.2) is 8.78 Å². The molecule has 1 aromatic heterocycles. The second-order valence-electron chi connectivity index (χ2n) is 4.23. The molecule has 0 aliphatic rings. The van der Waals surface area contributed by atoms with E-state index in [4.69, 9.17) is 0 Å². The normalized spacial score (nSPS) is 10.9. The SMILES string of the molecule is CCc1cc(CC)n(Cc2ccc(F)cc2F)n1. The average Bonchev–Trinajstić information content (AvgIpc) is 2.75. The van der Waals surface area contributed by atoms with Gasteiger partial charge in [0, 0.05) is 17.3 Å². The van der Waals surface area contributed by atoms with Crippen LogP contribution in [0.5, 0.6) is 0 Å². The summed E-state index contributed by atoms with van der Waals surface area (Å²) in [6.07, 6.45) is 1.70. The van der Waals surface area contributed by atoms with Crippen molar-refractivity contribution in [2.24, 2.45) is 0 Å². The second-order valence-corrected chi connectivity index (χ2v) is 4.23. The van der Waals surface area contributed by atoms with Crippen LogP contribution in [0.3, 0.4) is 0 Å². The van der Waals surface area contributed by atoms with Gasteiger partial charge in [-0.15, -0.1) is 0 Å². The molecule has 0 spiro atoms. The highest BCUT2D eigenvalue weighted by Gasteiger charge is 2.09. The summed E-state index contributed by atoms with van der Waals surface area (Å²) >= 11 is 0. The Balaban J connectivity index is 2.30. The van der Waals surface area contributed by atoms with E-state index < -0.39 is 11.6 Å². The summed E-state index contributed by atoms with van der Waals surface area (Å²) in [5.41, 5.74) is 2.52. The van der Waals surface area contributed by atoms with Crippen LogP contribution in [0.4, 0.5) is 8.78 Å². The smallest absolute Gasteiger partial charge is 0.131 e. The van der Waals surface area contributed by atoms with E-state index in [1.165, 1.54) is 12.1 Å². The number of hydrogen-bond donors (Lipinski definition) is 0. The van der Waals surface area contributed by atoms with Gasteiger partial charge in [-0.1, -0.05) is 19.9 Å². The lowest BCUT2D eigenvalue weighted by atomic mass is 10.2. The van der Waals surface area contributed by atoms with Crippen molar-refractivity contribution in [1.29, 1.82) is 0 Å². The van der Waals surface area contributed by atoms with E-state index in [0.29, 0.717) is 12.1 Å². The molecule has 0 bridgehead atoms. The molecule has 0 aliphatic heterocycles. The maximum atomic E-state index is 13.6. The summed E-state index contributed by atoms with van der Waals surface area (Å²) in [6, 6.07) is 5.68. The van der Waals surface area contributed by atoms with E-state index >= 15 is 0 Å². The van der Waals surface area contributed by atoms with Gasteiger partial charge in [0.25, 0.3) is 0 Å². The van der Waals surface area contributed by atoms with Gasteiger partial charge in [0.2, 0.25) is 0 Å². The van der Waals surface area contributed by atoms with Crippen molar-refractivity contribution in [3.05, 3.63) is 52.9 Å². The second kappa shape index (κ2) is 5.29. The minimum absolute atomic E-state index is 0.343. The number of hydrogen-bond acceptors (Lipinski definition) is 1. The molecule has 18 heavy (non-hydrogen) atoms. The first kappa shape index (κ1) is 12.7. The Morgan fingerprint density at radius 2 is 1.89 bits per heavy atom. The topological polar surface area (TPSA) is 17.8 Å². The van der Waals surface area contributed by atoms with Gasteiger partial charge in [-0.3, -0.25) is 4.68 Å². The molecule has 2 aromatic rings. The molecule has 1 aromatic carbocycles. The Labute approximate surface area is 105 Å². The lowest BCUT2D eigenvalue weighted by molar-refractivity contribution is 0.552. The van der Waals surface area contributed by atoms with Crippen molar-refractivity contribution in [3.63, 3.8) is 0 Å². The molecule has 96 valence electrons. The van der Waals surface area contributed by atoms with Gasteiger partial charge in [0.05, 0.1) is 12.2 Å². The Morgan fingerprint density at radius 3 is 2.50 bits per heavy atom. The van der Waals surface area contributed by atoms with Crippen LogP contribution in [0, 0.1) is 11.6 Å². The third-order valence-corrected chi connectivity index (χ3v) is 2.97. The monoisotopic (exact) mass is 250 g/mol. The summed E-state index contributed by atoms with van der Waals surface area (Å²) in [7, 11) is 0. The third kappa shape index (κ3) is 2.58. The van der Waals surface area contributed by atoms with Crippen LogP contribution in [0.25, 0.3) is 0 Å². The Hall–Kier alpha value is -1.71. The first-order chi connectivity index (χ1) is 8.63. The van der Waals surface area contributed by atoms with Crippen molar-refractivity contribution in [2.45, 2.75) is 33.2 Å². The lowest BCUT2D eigenvalue weighted by Crippen LogP contribution is -2.07. The Bertz CT molecular complexity index is 547. The standard InChI is InChI=1S/C14H16F2N2/c1-3-12-8-13(4-2)18(17-12)9-10-5-6-11(15)7-14(10)16/h5-8H,3-4,9H2,1-2H3. The van der Waals surface area contributed by atoms with Crippen LogP contribution in [0.2, 0.25) is 0 Å². The number of aromatic nitrogens is 2. The molecule has 0 atom stereocenters. The van der Waals surface area contributed by atoms with Gasteiger partial charge >= 0.3 is 0 Å². The first-order valence-electron chi connectivity index (χ1n) is 6.13. The van der Waals surface area contributed by atoms with Crippen LogP contribution < -0.4 is 0 Å². The Morgan fingerprint density at radius 1 is 1.11 bits per heavy atom. The van der Waals surface area contributed by atoms with E-state index in [9.17, 15) is 8.78 Å². The van der Waals surface area contributed by atoms with Crippen LogP contribution in [0.1, 0.15) is 30.8 Å². The van der Waals surface area contributed by atoms with Crippen molar-refractivity contribution < 1.29 is 8.78 Å². The van der Waals surface area contributed by atoms with Crippen LogP contribution in [-0.2, 0) is 19.4 Å². The summed E-state index contributed by atoms with van der Waals surface area (Å²) in [4.78, 5) is 0. The van der Waals surface area contributed by atoms with E-state index in [0.717, 1.165) is 30.3 Å². The largest absolute Gasteiger partial charge is 0.265 e. The number of halogens is 2. The van der Waals surface area contributed by atoms with Crippen LogP contribution in [0.15, 0.2) is 24.3 Å². The fourth-order valence-electron chi connectivity index (χ4n) is 1.92. The molecule has 0 amide bonds. The third-order valence-electron chi connectivity index (χ3n) is 2.97. The fourth-order valence-corrected chi connectivity index (χ4v) is 1.92. The van der Waals surface area contributed by atoms with Gasteiger partial charge in [-0.2, -0.15) is 5.10 Å². The molecule has 2 rings (SSSR count). The van der Waals surface area contributed by atoms with Gasteiger partial charge < -0.3 is 0 Å². The van der Waals surface area contributed by atoms with Crippen LogP contribution in [-0.4, -0.2) is 9.78 Å². The molecule has 0 N–H and O–H groups in total. The molecule has 2 nitrogen and oxygen atoms in total. The predicted octanol–water partition coefficient (Wildman–Crippen LogP) is 3.33. The molecule has 0 fully saturated rings. The average molecular weight is 250 g/mol. The number of nitrogens with zero attached hydrogens (tertiary/aromatic N) is 2.